The molecule has 0 aliphatic heterocycles. The van der Waals surface area contributed by atoms with Gasteiger partial charge >= 0.3 is 0 Å². The van der Waals surface area contributed by atoms with Crippen molar-refractivity contribution >= 4 is 38.3 Å². The third kappa shape index (κ3) is 4.15. The van der Waals surface area contributed by atoms with Gasteiger partial charge in [0, 0.05) is 38.7 Å². The largest absolute Gasteiger partial charge is 0.309 e. The predicted molar refractivity (Wildman–Crippen MR) is 199 cm³/mol. The molecule has 1 aliphatic carbocycles. The van der Waals surface area contributed by atoms with Crippen LogP contribution in [0, 0.1) is 6.57 Å². The Morgan fingerprint density at radius 3 is 1.92 bits per heavy atom. The molecule has 0 saturated heterocycles. The molecule has 2 aromatic heterocycles. The number of hydrogen-bond acceptors (Lipinski definition) is 3. The predicted octanol–water partition coefficient (Wildman–Crippen LogP) is 11.3. The number of para-hydroxylation sites is 1. The molecule has 9 aromatic rings. The highest BCUT2D eigenvalue weighted by Crippen LogP contribution is 2.52. The van der Waals surface area contributed by atoms with E-state index in [9.17, 15) is 0 Å². The Balaban J connectivity index is 1.22. The second-order valence-electron chi connectivity index (χ2n) is 12.3. The van der Waals surface area contributed by atoms with Gasteiger partial charge in [0.05, 0.1) is 17.6 Å². The molecule has 2 heterocycles. The summed E-state index contributed by atoms with van der Waals surface area (Å²) in [5, 5.41) is 5.01. The molecule has 0 spiro atoms. The van der Waals surface area contributed by atoms with Gasteiger partial charge in [-0.25, -0.2) is 19.8 Å². The maximum absolute atomic E-state index is 7.38. The fraction of sp³-hybridized carbons (Fsp3) is 0. The first-order chi connectivity index (χ1) is 24.2. The standard InChI is InChI=1S/C44H25N5/c1-45-31-22-20-29(21-23-31)43-46-42(28-10-3-2-4-11-28)47-44(48-43)30-14-7-15-32(26-30)49-38-19-6-5-16-33(38)36-25-24-35-34-17-8-12-27-13-9-18-37(39(27)34)40(35)41(36)49/h2-26H. The van der Waals surface area contributed by atoms with E-state index < -0.39 is 0 Å². The van der Waals surface area contributed by atoms with Crippen LogP contribution in [0.2, 0.25) is 0 Å². The summed E-state index contributed by atoms with van der Waals surface area (Å²) < 4.78 is 2.40. The van der Waals surface area contributed by atoms with Crippen LogP contribution in [-0.4, -0.2) is 19.5 Å². The van der Waals surface area contributed by atoms with Crippen molar-refractivity contribution < 1.29 is 0 Å². The van der Waals surface area contributed by atoms with Crippen molar-refractivity contribution in [1.29, 1.82) is 0 Å². The van der Waals surface area contributed by atoms with E-state index in [2.05, 4.69) is 106 Å². The van der Waals surface area contributed by atoms with Crippen LogP contribution in [0.3, 0.4) is 0 Å². The van der Waals surface area contributed by atoms with E-state index in [0.717, 1.165) is 27.9 Å². The second-order valence-corrected chi connectivity index (χ2v) is 12.3. The van der Waals surface area contributed by atoms with Crippen molar-refractivity contribution in [2.75, 3.05) is 0 Å². The highest BCUT2D eigenvalue weighted by atomic mass is 15.0. The summed E-state index contributed by atoms with van der Waals surface area (Å²) in [5.41, 5.74) is 11.7. The molecule has 1 aliphatic rings. The lowest BCUT2D eigenvalue weighted by molar-refractivity contribution is 1.07. The number of fused-ring (bicyclic) bond motifs is 7. The molecule has 0 saturated carbocycles. The highest BCUT2D eigenvalue weighted by molar-refractivity contribution is 6.24. The minimum atomic E-state index is 0.561. The topological polar surface area (TPSA) is 48.0 Å². The Morgan fingerprint density at radius 2 is 1.14 bits per heavy atom. The van der Waals surface area contributed by atoms with E-state index in [1.807, 2.05) is 42.5 Å². The average molecular weight is 624 g/mol. The molecule has 0 fully saturated rings. The molecular weight excluding hydrogens is 599 g/mol. The summed E-state index contributed by atoms with van der Waals surface area (Å²) in [6, 6.07) is 52.4. The number of aromatic nitrogens is 4. The van der Waals surface area contributed by atoms with Crippen LogP contribution in [0.4, 0.5) is 5.69 Å². The lowest BCUT2D eigenvalue weighted by Gasteiger charge is -2.14. The third-order valence-corrected chi connectivity index (χ3v) is 9.59. The zero-order valence-corrected chi connectivity index (χ0v) is 26.2. The number of rotatable bonds is 4. The van der Waals surface area contributed by atoms with E-state index in [0.29, 0.717) is 23.2 Å². The average Bonchev–Trinajstić information content (AvgIpc) is 3.69. The summed E-state index contributed by atoms with van der Waals surface area (Å²) >= 11 is 0. The van der Waals surface area contributed by atoms with Crippen molar-refractivity contribution in [3.05, 3.63) is 163 Å². The van der Waals surface area contributed by atoms with Crippen LogP contribution >= 0.6 is 0 Å². The zero-order valence-electron chi connectivity index (χ0n) is 26.2. The Morgan fingerprint density at radius 1 is 0.490 bits per heavy atom. The molecule has 7 aromatic carbocycles. The molecular formula is C44H25N5. The van der Waals surface area contributed by atoms with Crippen molar-refractivity contribution in [3.8, 4) is 62.1 Å². The normalized spacial score (nSPS) is 11.7. The Bertz CT molecular complexity index is 2820. The van der Waals surface area contributed by atoms with Gasteiger partial charge in [-0.1, -0.05) is 133 Å². The van der Waals surface area contributed by atoms with E-state index in [4.69, 9.17) is 21.5 Å². The van der Waals surface area contributed by atoms with Gasteiger partial charge in [-0.05, 0) is 45.7 Å². The third-order valence-electron chi connectivity index (χ3n) is 9.59. The maximum Gasteiger partial charge on any atom is 0.187 e. The summed E-state index contributed by atoms with van der Waals surface area (Å²) in [7, 11) is 0. The van der Waals surface area contributed by atoms with Gasteiger partial charge in [0.15, 0.2) is 23.2 Å². The first kappa shape index (κ1) is 27.2. The van der Waals surface area contributed by atoms with Crippen LogP contribution in [0.1, 0.15) is 0 Å². The van der Waals surface area contributed by atoms with E-state index >= 15 is 0 Å². The van der Waals surface area contributed by atoms with E-state index in [1.54, 1.807) is 12.1 Å². The van der Waals surface area contributed by atoms with Gasteiger partial charge in [-0.3, -0.25) is 0 Å². The maximum atomic E-state index is 7.38. The second kappa shape index (κ2) is 10.6. The monoisotopic (exact) mass is 623 g/mol. The Hall–Kier alpha value is -6.90. The van der Waals surface area contributed by atoms with Crippen LogP contribution < -0.4 is 0 Å². The van der Waals surface area contributed by atoms with Crippen molar-refractivity contribution in [3.63, 3.8) is 0 Å². The molecule has 0 unspecified atom stereocenters. The van der Waals surface area contributed by atoms with Gasteiger partial charge in [0.25, 0.3) is 0 Å². The van der Waals surface area contributed by atoms with Crippen molar-refractivity contribution in [1.82, 2.24) is 19.5 Å². The Kier molecular flexibility index (Phi) is 5.87. The van der Waals surface area contributed by atoms with Gasteiger partial charge < -0.3 is 4.57 Å². The molecule has 49 heavy (non-hydrogen) atoms. The summed E-state index contributed by atoms with van der Waals surface area (Å²) in [6.45, 7) is 7.38. The lowest BCUT2D eigenvalue weighted by Crippen LogP contribution is -2.01. The Labute approximate surface area is 282 Å². The van der Waals surface area contributed by atoms with Gasteiger partial charge in [-0.15, -0.1) is 0 Å². The molecule has 0 bridgehead atoms. The van der Waals surface area contributed by atoms with E-state index in [1.165, 1.54) is 49.3 Å². The molecule has 0 N–H and O–H groups in total. The number of hydrogen-bond donors (Lipinski definition) is 0. The minimum Gasteiger partial charge on any atom is -0.309 e. The zero-order chi connectivity index (χ0) is 32.5. The molecule has 5 heteroatoms. The van der Waals surface area contributed by atoms with Gasteiger partial charge in [0.2, 0.25) is 0 Å². The van der Waals surface area contributed by atoms with Crippen LogP contribution in [0.5, 0.6) is 0 Å². The molecule has 10 rings (SSSR count). The van der Waals surface area contributed by atoms with E-state index in [-0.39, 0.29) is 0 Å². The minimum absolute atomic E-state index is 0.561. The first-order valence-electron chi connectivity index (χ1n) is 16.2. The summed E-state index contributed by atoms with van der Waals surface area (Å²) in [5.74, 6) is 1.75. The highest BCUT2D eigenvalue weighted by Gasteiger charge is 2.27. The molecule has 226 valence electrons. The molecule has 0 radical (unpaired) electrons. The number of nitrogens with zero attached hydrogens (tertiary/aromatic N) is 5. The number of benzene rings is 7. The van der Waals surface area contributed by atoms with Crippen LogP contribution in [-0.2, 0) is 0 Å². The summed E-state index contributed by atoms with van der Waals surface area (Å²) in [6.07, 6.45) is 0. The lowest BCUT2D eigenvalue weighted by atomic mass is 10.00. The fourth-order valence-corrected chi connectivity index (χ4v) is 7.42. The van der Waals surface area contributed by atoms with Gasteiger partial charge in [-0.2, -0.15) is 0 Å². The smallest absolute Gasteiger partial charge is 0.187 e. The quantitative estimate of drug-likeness (QED) is 0.183. The van der Waals surface area contributed by atoms with Crippen molar-refractivity contribution in [2.24, 2.45) is 0 Å². The van der Waals surface area contributed by atoms with Crippen molar-refractivity contribution in [2.45, 2.75) is 0 Å². The fourth-order valence-electron chi connectivity index (χ4n) is 7.42. The van der Waals surface area contributed by atoms with Crippen LogP contribution in [0.15, 0.2) is 152 Å². The first-order valence-corrected chi connectivity index (χ1v) is 16.2. The van der Waals surface area contributed by atoms with Gasteiger partial charge in [0.1, 0.15) is 0 Å². The molecule has 0 amide bonds. The molecule has 0 atom stereocenters. The van der Waals surface area contributed by atoms with Crippen LogP contribution in [0.25, 0.3) is 99.5 Å². The summed E-state index contributed by atoms with van der Waals surface area (Å²) in [4.78, 5) is 18.4. The molecule has 5 nitrogen and oxygen atoms in total. The SMILES string of the molecule is [C-]#[N+]c1ccc(-c2nc(-c3ccccc3)nc(-c3cccc(-n4c5ccccc5c5ccc6c(c54)-c4cccc5cccc-6c45)c3)n2)cc1.